The fourth-order valence-corrected chi connectivity index (χ4v) is 3.22. The van der Waals surface area contributed by atoms with Crippen LogP contribution in [0.25, 0.3) is 0 Å². The Balaban J connectivity index is 1.56. The van der Waals surface area contributed by atoms with Gasteiger partial charge in [-0.1, -0.05) is 18.0 Å². The molecule has 0 spiro atoms. The van der Waals surface area contributed by atoms with Crippen molar-refractivity contribution in [3.8, 4) is 0 Å². The molecule has 0 aliphatic heterocycles. The van der Waals surface area contributed by atoms with Gasteiger partial charge < -0.3 is 4.52 Å². The van der Waals surface area contributed by atoms with E-state index in [1.54, 1.807) is 0 Å². The highest BCUT2D eigenvalue weighted by Crippen LogP contribution is 2.32. The van der Waals surface area contributed by atoms with E-state index < -0.39 is 0 Å². The van der Waals surface area contributed by atoms with Crippen molar-refractivity contribution in [1.82, 2.24) is 20.0 Å². The number of aryl methyl sites for hydroxylation is 1. The normalized spacial score (nSPS) is 17.0. The first-order valence-electron chi connectivity index (χ1n) is 8.56. The van der Waals surface area contributed by atoms with Crippen molar-refractivity contribution in [1.29, 1.82) is 0 Å². The molecular formula is C18H26N4O. The molecule has 5 heteroatoms. The highest BCUT2D eigenvalue weighted by molar-refractivity contribution is 5.15. The van der Waals surface area contributed by atoms with Gasteiger partial charge in [-0.25, -0.2) is 0 Å². The molecule has 0 amide bonds. The van der Waals surface area contributed by atoms with Gasteiger partial charge in [-0.15, -0.1) is 0 Å². The van der Waals surface area contributed by atoms with E-state index in [-0.39, 0.29) is 0 Å². The Morgan fingerprint density at radius 3 is 2.87 bits per heavy atom. The number of nitrogens with zero attached hydrogens (tertiary/aromatic N) is 4. The van der Waals surface area contributed by atoms with Gasteiger partial charge >= 0.3 is 0 Å². The summed E-state index contributed by atoms with van der Waals surface area (Å²) in [6.07, 6.45) is 7.74. The summed E-state index contributed by atoms with van der Waals surface area (Å²) >= 11 is 0. The molecule has 2 heterocycles. The Hall–Kier alpha value is -1.75. The second-order valence-electron chi connectivity index (χ2n) is 6.82. The standard InChI is InChI=1S/C18H26N4O/c1-13-8-9-19-16(10-13)11-14(2)22(3)12-17-20-18(23-21-17)15-6-4-5-7-15/h8-10,14-15H,4-7,11-12H2,1-3H3/t14-/m1/s1. The lowest BCUT2D eigenvalue weighted by Gasteiger charge is -2.23. The summed E-state index contributed by atoms with van der Waals surface area (Å²) in [4.78, 5) is 11.3. The van der Waals surface area contributed by atoms with Crippen molar-refractivity contribution < 1.29 is 4.52 Å². The van der Waals surface area contributed by atoms with E-state index in [0.717, 1.165) is 23.8 Å². The third kappa shape index (κ3) is 4.16. The van der Waals surface area contributed by atoms with Crippen LogP contribution in [0.5, 0.6) is 0 Å². The molecule has 0 radical (unpaired) electrons. The maximum Gasteiger partial charge on any atom is 0.229 e. The van der Waals surface area contributed by atoms with Crippen LogP contribution in [0.2, 0.25) is 0 Å². The van der Waals surface area contributed by atoms with Crippen LogP contribution in [0.15, 0.2) is 22.9 Å². The highest BCUT2D eigenvalue weighted by atomic mass is 16.5. The topological polar surface area (TPSA) is 55.1 Å². The summed E-state index contributed by atoms with van der Waals surface area (Å²) in [5.74, 6) is 2.10. The number of hydrogen-bond donors (Lipinski definition) is 0. The molecule has 0 bridgehead atoms. The van der Waals surface area contributed by atoms with Crippen molar-refractivity contribution in [3.05, 3.63) is 41.3 Å². The molecule has 1 saturated carbocycles. The molecule has 2 aromatic rings. The fraction of sp³-hybridized carbons (Fsp3) is 0.611. The Morgan fingerprint density at radius 2 is 2.13 bits per heavy atom. The molecule has 0 unspecified atom stereocenters. The molecule has 0 aromatic carbocycles. The average molecular weight is 314 g/mol. The molecule has 5 nitrogen and oxygen atoms in total. The van der Waals surface area contributed by atoms with Crippen molar-refractivity contribution in [2.24, 2.45) is 0 Å². The first-order chi connectivity index (χ1) is 11.1. The molecule has 23 heavy (non-hydrogen) atoms. The Labute approximate surface area is 138 Å². The highest BCUT2D eigenvalue weighted by Gasteiger charge is 2.23. The van der Waals surface area contributed by atoms with Gasteiger partial charge in [0.25, 0.3) is 0 Å². The molecule has 1 aliphatic rings. The van der Waals surface area contributed by atoms with Crippen molar-refractivity contribution >= 4 is 0 Å². The molecule has 1 atom stereocenters. The zero-order valence-corrected chi connectivity index (χ0v) is 14.3. The van der Waals surface area contributed by atoms with Crippen LogP contribution in [-0.4, -0.2) is 33.1 Å². The minimum Gasteiger partial charge on any atom is -0.339 e. The van der Waals surface area contributed by atoms with E-state index in [1.165, 1.54) is 31.2 Å². The van der Waals surface area contributed by atoms with Gasteiger partial charge in [0.15, 0.2) is 5.82 Å². The number of aromatic nitrogens is 3. The largest absolute Gasteiger partial charge is 0.339 e. The summed E-state index contributed by atoms with van der Waals surface area (Å²) in [6.45, 7) is 5.02. The molecule has 1 aliphatic carbocycles. The van der Waals surface area contributed by atoms with Crippen LogP contribution in [-0.2, 0) is 13.0 Å². The van der Waals surface area contributed by atoms with Gasteiger partial charge in [0, 0.05) is 30.3 Å². The predicted octanol–water partition coefficient (Wildman–Crippen LogP) is 3.49. The molecule has 3 rings (SSSR count). The maximum absolute atomic E-state index is 5.46. The van der Waals surface area contributed by atoms with Crippen LogP contribution < -0.4 is 0 Å². The Morgan fingerprint density at radius 1 is 1.35 bits per heavy atom. The lowest BCUT2D eigenvalue weighted by atomic mass is 10.1. The lowest BCUT2D eigenvalue weighted by Crippen LogP contribution is -2.31. The average Bonchev–Trinajstić information content (AvgIpc) is 3.17. The third-order valence-electron chi connectivity index (χ3n) is 4.81. The van der Waals surface area contributed by atoms with E-state index >= 15 is 0 Å². The number of rotatable bonds is 6. The molecule has 0 saturated heterocycles. The zero-order chi connectivity index (χ0) is 16.2. The summed E-state index contributed by atoms with van der Waals surface area (Å²) in [6, 6.07) is 4.55. The molecule has 2 aromatic heterocycles. The van der Waals surface area contributed by atoms with Crippen LogP contribution in [0.3, 0.4) is 0 Å². The SMILES string of the molecule is Cc1ccnc(C[C@@H](C)N(C)Cc2noc(C3CCCC3)n2)c1. The lowest BCUT2D eigenvalue weighted by molar-refractivity contribution is 0.236. The van der Waals surface area contributed by atoms with Crippen LogP contribution >= 0.6 is 0 Å². The van der Waals surface area contributed by atoms with Gasteiger partial charge in [-0.2, -0.15) is 4.98 Å². The van der Waals surface area contributed by atoms with Gasteiger partial charge in [0.2, 0.25) is 5.89 Å². The van der Waals surface area contributed by atoms with Crippen LogP contribution in [0.1, 0.15) is 61.5 Å². The van der Waals surface area contributed by atoms with Crippen LogP contribution in [0.4, 0.5) is 0 Å². The van der Waals surface area contributed by atoms with Gasteiger partial charge in [0.05, 0.1) is 6.54 Å². The smallest absolute Gasteiger partial charge is 0.229 e. The van der Waals surface area contributed by atoms with Gasteiger partial charge in [-0.3, -0.25) is 9.88 Å². The van der Waals surface area contributed by atoms with E-state index in [2.05, 4.69) is 47.0 Å². The van der Waals surface area contributed by atoms with Gasteiger partial charge in [0.1, 0.15) is 0 Å². The first kappa shape index (κ1) is 16.1. The Kier molecular flexibility index (Phi) is 5.06. The minimum absolute atomic E-state index is 0.373. The number of hydrogen-bond acceptors (Lipinski definition) is 5. The van der Waals surface area contributed by atoms with Gasteiger partial charge in [-0.05, 0) is 51.4 Å². The number of likely N-dealkylation sites (N-methyl/N-ethyl adjacent to an activating group) is 1. The summed E-state index contributed by atoms with van der Waals surface area (Å²) in [5, 5.41) is 4.16. The third-order valence-corrected chi connectivity index (χ3v) is 4.81. The monoisotopic (exact) mass is 314 g/mol. The van der Waals surface area contributed by atoms with Crippen molar-refractivity contribution in [3.63, 3.8) is 0 Å². The second-order valence-corrected chi connectivity index (χ2v) is 6.82. The van der Waals surface area contributed by atoms with E-state index in [4.69, 9.17) is 4.52 Å². The molecule has 1 fully saturated rings. The van der Waals surface area contributed by atoms with Crippen LogP contribution in [0, 0.1) is 6.92 Å². The van der Waals surface area contributed by atoms with Crippen molar-refractivity contribution in [2.75, 3.05) is 7.05 Å². The first-order valence-corrected chi connectivity index (χ1v) is 8.56. The Bertz CT molecular complexity index is 633. The quantitative estimate of drug-likeness (QED) is 0.817. The fourth-order valence-electron chi connectivity index (χ4n) is 3.22. The van der Waals surface area contributed by atoms with E-state index in [0.29, 0.717) is 18.5 Å². The summed E-state index contributed by atoms with van der Waals surface area (Å²) in [5.41, 5.74) is 2.38. The maximum atomic E-state index is 5.46. The minimum atomic E-state index is 0.373. The van der Waals surface area contributed by atoms with Crippen molar-refractivity contribution in [2.45, 2.75) is 64.5 Å². The zero-order valence-electron chi connectivity index (χ0n) is 14.3. The summed E-state index contributed by atoms with van der Waals surface area (Å²) < 4.78 is 5.46. The van der Waals surface area contributed by atoms with E-state index in [1.807, 2.05) is 12.3 Å². The second kappa shape index (κ2) is 7.21. The summed E-state index contributed by atoms with van der Waals surface area (Å²) in [7, 11) is 2.10. The number of pyridine rings is 1. The molecular weight excluding hydrogens is 288 g/mol. The molecule has 124 valence electrons. The predicted molar refractivity (Wildman–Crippen MR) is 89.1 cm³/mol. The molecule has 0 N–H and O–H groups in total. The van der Waals surface area contributed by atoms with E-state index in [9.17, 15) is 0 Å².